The van der Waals surface area contributed by atoms with Gasteiger partial charge in [0.15, 0.2) is 0 Å². The molecule has 1 amide bonds. The minimum Gasteiger partial charge on any atom is -0.383 e. The Balaban J connectivity index is 2.23. The van der Waals surface area contributed by atoms with Crippen molar-refractivity contribution in [2.75, 3.05) is 33.4 Å². The third-order valence-corrected chi connectivity index (χ3v) is 3.31. The third kappa shape index (κ3) is 6.66. The maximum atomic E-state index is 11.8. The molecule has 0 aliphatic rings. The smallest absolute Gasteiger partial charge is 0.270 e. The van der Waals surface area contributed by atoms with Crippen molar-refractivity contribution in [3.63, 3.8) is 0 Å². The zero-order chi connectivity index (χ0) is 14.1. The molecule has 1 rings (SSSR count). The Morgan fingerprint density at radius 1 is 1.42 bits per heavy atom. The van der Waals surface area contributed by atoms with Crippen molar-refractivity contribution in [3.8, 4) is 0 Å². The average molecular weight is 285 g/mol. The van der Waals surface area contributed by atoms with Crippen LogP contribution in [0.5, 0.6) is 0 Å². The lowest BCUT2D eigenvalue weighted by Crippen LogP contribution is -2.33. The highest BCUT2D eigenvalue weighted by atomic mass is 32.1. The topological polar surface area (TPSA) is 63.2 Å². The SMILES string of the molecule is COCCNCCNC(=O)c1csc(CC(C)C)n1. The minimum absolute atomic E-state index is 0.0974. The molecule has 0 aliphatic heterocycles. The van der Waals surface area contributed by atoms with Crippen LogP contribution in [-0.4, -0.2) is 44.2 Å². The van der Waals surface area contributed by atoms with E-state index in [1.54, 1.807) is 18.4 Å². The summed E-state index contributed by atoms with van der Waals surface area (Å²) in [5.74, 6) is 0.465. The van der Waals surface area contributed by atoms with E-state index in [1.165, 1.54) is 0 Å². The molecular weight excluding hydrogens is 262 g/mol. The summed E-state index contributed by atoms with van der Waals surface area (Å²) in [4.78, 5) is 16.2. The molecule has 0 aromatic carbocycles. The van der Waals surface area contributed by atoms with E-state index in [2.05, 4.69) is 29.5 Å². The summed E-state index contributed by atoms with van der Waals surface area (Å²) in [7, 11) is 1.67. The summed E-state index contributed by atoms with van der Waals surface area (Å²) in [6, 6.07) is 0. The molecule has 1 heterocycles. The van der Waals surface area contributed by atoms with Gasteiger partial charge in [0, 0.05) is 38.5 Å². The number of nitrogens with one attached hydrogen (secondary N) is 2. The molecule has 0 spiro atoms. The summed E-state index contributed by atoms with van der Waals surface area (Å²) in [6.45, 7) is 7.09. The van der Waals surface area contributed by atoms with Gasteiger partial charge in [-0.3, -0.25) is 4.79 Å². The van der Waals surface area contributed by atoms with Crippen molar-refractivity contribution < 1.29 is 9.53 Å². The molecule has 0 saturated carbocycles. The van der Waals surface area contributed by atoms with E-state index in [9.17, 15) is 4.79 Å². The molecule has 0 saturated heterocycles. The fourth-order valence-electron chi connectivity index (χ4n) is 1.51. The van der Waals surface area contributed by atoms with Gasteiger partial charge in [-0.2, -0.15) is 0 Å². The number of hydrogen-bond donors (Lipinski definition) is 2. The van der Waals surface area contributed by atoms with Gasteiger partial charge in [0.2, 0.25) is 0 Å². The first-order valence-corrected chi connectivity index (χ1v) is 7.43. The number of ether oxygens (including phenoxy) is 1. The van der Waals surface area contributed by atoms with Crippen molar-refractivity contribution in [3.05, 3.63) is 16.1 Å². The number of methoxy groups -OCH3 is 1. The highest BCUT2D eigenvalue weighted by molar-refractivity contribution is 7.09. The average Bonchev–Trinajstić information content (AvgIpc) is 2.81. The van der Waals surface area contributed by atoms with Gasteiger partial charge in [-0.25, -0.2) is 4.98 Å². The van der Waals surface area contributed by atoms with Crippen LogP contribution in [0.2, 0.25) is 0 Å². The number of carbonyl (C=O) groups excluding carboxylic acids is 1. The molecule has 1 aromatic heterocycles. The maximum absolute atomic E-state index is 11.8. The second kappa shape index (κ2) is 9.01. The minimum atomic E-state index is -0.0974. The zero-order valence-electron chi connectivity index (χ0n) is 11.9. The Labute approximate surface area is 118 Å². The van der Waals surface area contributed by atoms with Gasteiger partial charge in [-0.1, -0.05) is 13.8 Å². The van der Waals surface area contributed by atoms with Crippen molar-refractivity contribution in [2.45, 2.75) is 20.3 Å². The Hall–Kier alpha value is -0.980. The fourth-order valence-corrected chi connectivity index (χ4v) is 2.50. The second-order valence-electron chi connectivity index (χ2n) is 4.72. The lowest BCUT2D eigenvalue weighted by molar-refractivity contribution is 0.0949. The Morgan fingerprint density at radius 3 is 2.89 bits per heavy atom. The molecular formula is C13H23N3O2S. The normalized spacial score (nSPS) is 10.9. The lowest BCUT2D eigenvalue weighted by atomic mass is 10.1. The Bertz CT molecular complexity index is 380. The number of amides is 1. The maximum Gasteiger partial charge on any atom is 0.270 e. The van der Waals surface area contributed by atoms with Gasteiger partial charge < -0.3 is 15.4 Å². The van der Waals surface area contributed by atoms with Crippen LogP contribution in [0.4, 0.5) is 0 Å². The Kier molecular flexibility index (Phi) is 7.62. The van der Waals surface area contributed by atoms with E-state index in [4.69, 9.17) is 4.74 Å². The van der Waals surface area contributed by atoms with Crippen LogP contribution in [-0.2, 0) is 11.2 Å². The summed E-state index contributed by atoms with van der Waals surface area (Å²) in [5.41, 5.74) is 0.526. The van der Waals surface area contributed by atoms with Gasteiger partial charge in [0.25, 0.3) is 5.91 Å². The first-order chi connectivity index (χ1) is 9.13. The molecule has 1 aromatic rings. The quantitative estimate of drug-likeness (QED) is 0.672. The van der Waals surface area contributed by atoms with Crippen LogP contribution in [0.1, 0.15) is 29.3 Å². The van der Waals surface area contributed by atoms with Gasteiger partial charge >= 0.3 is 0 Å². The molecule has 0 radical (unpaired) electrons. The van der Waals surface area contributed by atoms with Gasteiger partial charge in [0.1, 0.15) is 5.69 Å². The predicted octanol–water partition coefficient (Wildman–Crippen LogP) is 1.31. The van der Waals surface area contributed by atoms with Crippen LogP contribution in [0.3, 0.4) is 0 Å². The van der Waals surface area contributed by atoms with E-state index in [-0.39, 0.29) is 5.91 Å². The van der Waals surface area contributed by atoms with Crippen molar-refractivity contribution >= 4 is 17.2 Å². The molecule has 5 nitrogen and oxygen atoms in total. The van der Waals surface area contributed by atoms with Crippen molar-refractivity contribution in [2.24, 2.45) is 5.92 Å². The number of thiazole rings is 1. The largest absolute Gasteiger partial charge is 0.383 e. The zero-order valence-corrected chi connectivity index (χ0v) is 12.7. The number of aromatic nitrogens is 1. The van der Waals surface area contributed by atoms with Gasteiger partial charge in [0.05, 0.1) is 11.6 Å². The first-order valence-electron chi connectivity index (χ1n) is 6.55. The monoisotopic (exact) mass is 285 g/mol. The van der Waals surface area contributed by atoms with Crippen LogP contribution in [0.15, 0.2) is 5.38 Å². The highest BCUT2D eigenvalue weighted by Crippen LogP contribution is 2.13. The first kappa shape index (κ1) is 16.1. The van der Waals surface area contributed by atoms with Crippen molar-refractivity contribution in [1.29, 1.82) is 0 Å². The van der Waals surface area contributed by atoms with E-state index in [0.717, 1.165) is 24.5 Å². The molecule has 0 bridgehead atoms. The summed E-state index contributed by atoms with van der Waals surface area (Å²) in [5, 5.41) is 8.86. The molecule has 19 heavy (non-hydrogen) atoms. The third-order valence-electron chi connectivity index (χ3n) is 2.44. The van der Waals surface area contributed by atoms with Gasteiger partial charge in [-0.05, 0) is 5.92 Å². The standard InChI is InChI=1S/C13H23N3O2S/c1-10(2)8-12-16-11(9-19-12)13(17)15-5-4-14-6-7-18-3/h9-10,14H,4-8H2,1-3H3,(H,15,17). The molecule has 2 N–H and O–H groups in total. The van der Waals surface area contributed by atoms with Crippen LogP contribution >= 0.6 is 11.3 Å². The lowest BCUT2D eigenvalue weighted by Gasteiger charge is -2.05. The van der Waals surface area contributed by atoms with E-state index < -0.39 is 0 Å². The van der Waals surface area contributed by atoms with Crippen LogP contribution < -0.4 is 10.6 Å². The Morgan fingerprint density at radius 2 is 2.21 bits per heavy atom. The molecule has 0 aliphatic carbocycles. The van der Waals surface area contributed by atoms with Crippen LogP contribution in [0, 0.1) is 5.92 Å². The molecule has 0 atom stereocenters. The molecule has 0 unspecified atom stereocenters. The number of hydrogen-bond acceptors (Lipinski definition) is 5. The summed E-state index contributed by atoms with van der Waals surface area (Å²) in [6.07, 6.45) is 0.927. The van der Waals surface area contributed by atoms with Gasteiger partial charge in [-0.15, -0.1) is 11.3 Å². The van der Waals surface area contributed by atoms with Crippen LogP contribution in [0.25, 0.3) is 0 Å². The van der Waals surface area contributed by atoms with E-state index in [0.29, 0.717) is 24.8 Å². The molecule has 108 valence electrons. The molecule has 6 heteroatoms. The summed E-state index contributed by atoms with van der Waals surface area (Å²) < 4.78 is 4.91. The van der Waals surface area contributed by atoms with E-state index >= 15 is 0 Å². The van der Waals surface area contributed by atoms with Crippen molar-refractivity contribution in [1.82, 2.24) is 15.6 Å². The number of nitrogens with zero attached hydrogens (tertiary/aromatic N) is 1. The number of carbonyl (C=O) groups is 1. The number of rotatable bonds is 9. The predicted molar refractivity (Wildman–Crippen MR) is 77.7 cm³/mol. The molecule has 0 fully saturated rings. The summed E-state index contributed by atoms with van der Waals surface area (Å²) >= 11 is 1.55. The van der Waals surface area contributed by atoms with E-state index in [1.807, 2.05) is 5.38 Å². The highest BCUT2D eigenvalue weighted by Gasteiger charge is 2.10. The fraction of sp³-hybridized carbons (Fsp3) is 0.692. The second-order valence-corrected chi connectivity index (χ2v) is 5.67.